The Morgan fingerprint density at radius 3 is 2.73 bits per heavy atom. The number of benzene rings is 1. The van der Waals surface area contributed by atoms with Crippen molar-refractivity contribution in [2.75, 3.05) is 19.0 Å². The molecule has 0 heterocycles. The summed E-state index contributed by atoms with van der Waals surface area (Å²) < 4.78 is 11.0. The van der Waals surface area contributed by atoms with Crippen LogP contribution in [-0.4, -0.2) is 25.2 Å². The van der Waals surface area contributed by atoms with Gasteiger partial charge in [-0.25, -0.2) is 0 Å². The number of anilines is 1. The van der Waals surface area contributed by atoms with Crippen LogP contribution in [0.1, 0.15) is 44.6 Å². The lowest BCUT2D eigenvalue weighted by Crippen LogP contribution is -2.43. The standard InChI is InChI=1S/C17H22N2O3/c1-3-10-22-17(8-4-5-9-17)16(20)19-14-6-7-15(21-2)13(11-14)12-18/h6-7,11H,3-5,8-10H2,1-2H3,(H,19,20). The van der Waals surface area contributed by atoms with Crippen molar-refractivity contribution in [3.05, 3.63) is 23.8 Å². The van der Waals surface area contributed by atoms with E-state index in [1.807, 2.05) is 6.92 Å². The van der Waals surface area contributed by atoms with Gasteiger partial charge in [0.2, 0.25) is 0 Å². The summed E-state index contributed by atoms with van der Waals surface area (Å²) in [5.74, 6) is 0.380. The molecular weight excluding hydrogens is 280 g/mol. The van der Waals surface area contributed by atoms with Gasteiger partial charge in [-0.1, -0.05) is 6.92 Å². The van der Waals surface area contributed by atoms with E-state index in [9.17, 15) is 4.79 Å². The van der Waals surface area contributed by atoms with Crippen molar-refractivity contribution in [1.29, 1.82) is 5.26 Å². The smallest absolute Gasteiger partial charge is 0.256 e. The first-order valence-corrected chi connectivity index (χ1v) is 7.69. The third kappa shape index (κ3) is 3.40. The van der Waals surface area contributed by atoms with Gasteiger partial charge in [0.05, 0.1) is 12.7 Å². The molecule has 1 N–H and O–H groups in total. The molecular formula is C17H22N2O3. The monoisotopic (exact) mass is 302 g/mol. The minimum absolute atomic E-state index is 0.118. The zero-order valence-corrected chi connectivity index (χ0v) is 13.1. The molecule has 0 bridgehead atoms. The molecule has 2 rings (SSSR count). The predicted molar refractivity (Wildman–Crippen MR) is 83.8 cm³/mol. The minimum atomic E-state index is -0.719. The van der Waals surface area contributed by atoms with Crippen LogP contribution in [0.4, 0.5) is 5.69 Å². The third-order valence-electron chi connectivity index (χ3n) is 3.99. The van der Waals surface area contributed by atoms with Gasteiger partial charge < -0.3 is 14.8 Å². The highest BCUT2D eigenvalue weighted by Gasteiger charge is 2.42. The Morgan fingerprint density at radius 2 is 2.14 bits per heavy atom. The average molecular weight is 302 g/mol. The fourth-order valence-corrected chi connectivity index (χ4v) is 2.80. The average Bonchev–Trinajstić information content (AvgIpc) is 3.03. The van der Waals surface area contributed by atoms with Crippen molar-refractivity contribution in [2.24, 2.45) is 0 Å². The number of nitrogens with zero attached hydrogens (tertiary/aromatic N) is 1. The number of ether oxygens (including phenoxy) is 2. The number of amides is 1. The van der Waals surface area contributed by atoms with E-state index in [-0.39, 0.29) is 5.91 Å². The van der Waals surface area contributed by atoms with Crippen molar-refractivity contribution in [2.45, 2.75) is 44.6 Å². The van der Waals surface area contributed by atoms with Gasteiger partial charge in [0, 0.05) is 12.3 Å². The summed E-state index contributed by atoms with van der Waals surface area (Å²) in [7, 11) is 1.51. The lowest BCUT2D eigenvalue weighted by molar-refractivity contribution is -0.140. The summed E-state index contributed by atoms with van der Waals surface area (Å²) >= 11 is 0. The third-order valence-corrected chi connectivity index (χ3v) is 3.99. The summed E-state index contributed by atoms with van der Waals surface area (Å²) in [5, 5.41) is 12.0. The number of carbonyl (C=O) groups is 1. The molecule has 118 valence electrons. The molecule has 1 amide bonds. The summed E-state index contributed by atoms with van der Waals surface area (Å²) in [6.45, 7) is 2.61. The van der Waals surface area contributed by atoms with Crippen LogP contribution < -0.4 is 10.1 Å². The first-order chi connectivity index (χ1) is 10.6. The number of hydrogen-bond acceptors (Lipinski definition) is 4. The van der Waals surface area contributed by atoms with E-state index in [0.717, 1.165) is 32.1 Å². The van der Waals surface area contributed by atoms with Gasteiger partial charge in [-0.3, -0.25) is 4.79 Å². The molecule has 0 saturated heterocycles. The second kappa shape index (κ2) is 7.28. The second-order valence-electron chi connectivity index (χ2n) is 5.53. The molecule has 5 nitrogen and oxygen atoms in total. The van der Waals surface area contributed by atoms with E-state index < -0.39 is 5.60 Å². The van der Waals surface area contributed by atoms with Gasteiger partial charge >= 0.3 is 0 Å². The quantitative estimate of drug-likeness (QED) is 0.875. The molecule has 0 aliphatic heterocycles. The molecule has 1 aromatic carbocycles. The maximum absolute atomic E-state index is 12.6. The van der Waals surface area contributed by atoms with E-state index >= 15 is 0 Å². The molecule has 0 aromatic heterocycles. The summed E-state index contributed by atoms with van der Waals surface area (Å²) in [6, 6.07) is 7.11. The fourth-order valence-electron chi connectivity index (χ4n) is 2.80. The van der Waals surface area contributed by atoms with Gasteiger partial charge in [-0.05, 0) is 50.3 Å². The maximum Gasteiger partial charge on any atom is 0.256 e. The van der Waals surface area contributed by atoms with Crippen LogP contribution in [0.5, 0.6) is 5.75 Å². The predicted octanol–water partition coefficient (Wildman–Crippen LogP) is 3.24. The lowest BCUT2D eigenvalue weighted by atomic mass is 10.0. The number of rotatable bonds is 6. The normalized spacial score (nSPS) is 16.0. The van der Waals surface area contributed by atoms with E-state index in [1.54, 1.807) is 18.2 Å². The Labute approximate surface area is 131 Å². The number of nitrogens with one attached hydrogen (secondary N) is 1. The maximum atomic E-state index is 12.6. The fraction of sp³-hybridized carbons (Fsp3) is 0.529. The van der Waals surface area contributed by atoms with Crippen molar-refractivity contribution in [3.8, 4) is 11.8 Å². The Kier molecular flexibility index (Phi) is 5.40. The van der Waals surface area contributed by atoms with Gasteiger partial charge in [0.15, 0.2) is 0 Å². The van der Waals surface area contributed by atoms with Gasteiger partial charge in [0.25, 0.3) is 5.91 Å². The highest BCUT2D eigenvalue weighted by molar-refractivity contribution is 5.97. The summed E-state index contributed by atoms with van der Waals surface area (Å²) in [5.41, 5.74) is 0.270. The topological polar surface area (TPSA) is 71.3 Å². The highest BCUT2D eigenvalue weighted by Crippen LogP contribution is 2.35. The molecule has 22 heavy (non-hydrogen) atoms. The first-order valence-electron chi connectivity index (χ1n) is 7.69. The molecule has 1 saturated carbocycles. The van der Waals surface area contributed by atoms with Crippen molar-refractivity contribution in [1.82, 2.24) is 0 Å². The van der Waals surface area contributed by atoms with Crippen LogP contribution in [0, 0.1) is 11.3 Å². The van der Waals surface area contributed by atoms with Crippen molar-refractivity contribution in [3.63, 3.8) is 0 Å². The Balaban J connectivity index is 2.15. The molecule has 0 radical (unpaired) electrons. The van der Waals surface area contributed by atoms with Gasteiger partial charge in [-0.15, -0.1) is 0 Å². The van der Waals surface area contributed by atoms with Gasteiger partial charge in [-0.2, -0.15) is 5.26 Å². The van der Waals surface area contributed by atoms with Crippen LogP contribution in [0.15, 0.2) is 18.2 Å². The largest absolute Gasteiger partial charge is 0.495 e. The number of carbonyl (C=O) groups excluding carboxylic acids is 1. The molecule has 1 fully saturated rings. The summed E-state index contributed by atoms with van der Waals surface area (Å²) in [4.78, 5) is 12.6. The zero-order chi connectivity index (χ0) is 16.0. The minimum Gasteiger partial charge on any atom is -0.495 e. The molecule has 1 aromatic rings. The number of nitriles is 1. The highest BCUT2D eigenvalue weighted by atomic mass is 16.5. The van der Waals surface area contributed by atoms with Crippen LogP contribution in [0.2, 0.25) is 0 Å². The number of hydrogen-bond donors (Lipinski definition) is 1. The van der Waals surface area contributed by atoms with E-state index in [4.69, 9.17) is 14.7 Å². The number of methoxy groups -OCH3 is 1. The molecule has 0 unspecified atom stereocenters. The Bertz CT molecular complexity index is 572. The van der Waals surface area contributed by atoms with Crippen LogP contribution >= 0.6 is 0 Å². The molecule has 1 aliphatic rings. The molecule has 1 aliphatic carbocycles. The van der Waals surface area contributed by atoms with Crippen LogP contribution in [0.3, 0.4) is 0 Å². The first kappa shape index (κ1) is 16.3. The van der Waals surface area contributed by atoms with Gasteiger partial charge in [0.1, 0.15) is 17.4 Å². The molecule has 0 atom stereocenters. The van der Waals surface area contributed by atoms with E-state index in [1.165, 1.54) is 7.11 Å². The van der Waals surface area contributed by atoms with Crippen molar-refractivity contribution < 1.29 is 14.3 Å². The van der Waals surface area contributed by atoms with Crippen molar-refractivity contribution >= 4 is 11.6 Å². The molecule has 5 heteroatoms. The Morgan fingerprint density at radius 1 is 1.41 bits per heavy atom. The Hall–Kier alpha value is -2.06. The zero-order valence-electron chi connectivity index (χ0n) is 13.1. The molecule has 0 spiro atoms. The van der Waals surface area contributed by atoms with E-state index in [2.05, 4.69) is 11.4 Å². The summed E-state index contributed by atoms with van der Waals surface area (Å²) in [6.07, 6.45) is 4.39. The van der Waals surface area contributed by atoms with E-state index in [0.29, 0.717) is 23.6 Å². The van der Waals surface area contributed by atoms with Crippen LogP contribution in [-0.2, 0) is 9.53 Å². The SMILES string of the molecule is CCCOC1(C(=O)Nc2ccc(OC)c(C#N)c2)CCCC1. The second-order valence-corrected chi connectivity index (χ2v) is 5.53. The van der Waals surface area contributed by atoms with Crippen LogP contribution in [0.25, 0.3) is 0 Å². The lowest BCUT2D eigenvalue weighted by Gasteiger charge is -2.28.